The average Bonchev–Trinajstić information content (AvgIpc) is 2.32. The van der Waals surface area contributed by atoms with Gasteiger partial charge in [0.25, 0.3) is 0 Å². The van der Waals surface area contributed by atoms with Gasteiger partial charge in [-0.05, 0) is 66.8 Å². The number of nitrogens with one attached hydrogen (secondary N) is 1. The molecule has 0 bridgehead atoms. The first-order valence-corrected chi connectivity index (χ1v) is 7.26. The molecule has 0 aliphatic heterocycles. The molecule has 0 heterocycles. The Hall–Kier alpha value is -0.490. The van der Waals surface area contributed by atoms with Crippen molar-refractivity contribution >= 4 is 34.0 Å². The summed E-state index contributed by atoms with van der Waals surface area (Å²) >= 11 is 2.31. The van der Waals surface area contributed by atoms with Crippen molar-refractivity contribution in [3.63, 3.8) is 0 Å². The van der Waals surface area contributed by atoms with Gasteiger partial charge in [-0.25, -0.2) is 0 Å². The van der Waals surface area contributed by atoms with Crippen LogP contribution >= 0.6 is 22.6 Å². The lowest BCUT2D eigenvalue weighted by molar-refractivity contribution is 0.303. The highest BCUT2D eigenvalue weighted by Gasteiger charge is 2.01. The summed E-state index contributed by atoms with van der Waals surface area (Å²) in [5.41, 5.74) is 7.72. The van der Waals surface area contributed by atoms with Gasteiger partial charge < -0.3 is 16.0 Å². The summed E-state index contributed by atoms with van der Waals surface area (Å²) < 4.78 is 1.19. The number of hydrogen-bond acceptors (Lipinski definition) is 3. The van der Waals surface area contributed by atoms with Crippen molar-refractivity contribution in [2.24, 2.45) is 0 Å². The molecule has 0 amide bonds. The third-order valence-corrected chi connectivity index (χ3v) is 3.75. The maximum atomic E-state index is 5.72. The summed E-state index contributed by atoms with van der Waals surface area (Å²) in [6.45, 7) is 8.85. The lowest BCUT2D eigenvalue weighted by Crippen LogP contribution is -2.25. The molecule has 3 N–H and O–H groups in total. The van der Waals surface area contributed by atoms with Crippen LogP contribution in [0.3, 0.4) is 0 Å². The van der Waals surface area contributed by atoms with E-state index in [-0.39, 0.29) is 0 Å². The smallest absolute Gasteiger partial charge is 0.0477 e. The number of nitrogen functional groups attached to an aromatic ring is 1. The van der Waals surface area contributed by atoms with Crippen LogP contribution in [-0.2, 0) is 0 Å². The van der Waals surface area contributed by atoms with E-state index < -0.39 is 0 Å². The molecule has 1 rings (SSSR count). The van der Waals surface area contributed by atoms with E-state index in [9.17, 15) is 0 Å². The Bertz CT molecular complexity index is 337. The highest BCUT2D eigenvalue weighted by Crippen LogP contribution is 2.20. The predicted molar refractivity (Wildman–Crippen MR) is 84.5 cm³/mol. The Morgan fingerprint density at radius 2 is 2.00 bits per heavy atom. The van der Waals surface area contributed by atoms with E-state index in [1.165, 1.54) is 15.7 Å². The number of nitrogens with two attached hydrogens (primary N) is 1. The zero-order valence-electron chi connectivity index (χ0n) is 10.7. The van der Waals surface area contributed by atoms with Gasteiger partial charge in [-0.2, -0.15) is 0 Å². The van der Waals surface area contributed by atoms with E-state index in [1.807, 2.05) is 12.1 Å². The molecule has 0 aliphatic rings. The molecule has 0 fully saturated rings. The van der Waals surface area contributed by atoms with Crippen LogP contribution in [0.25, 0.3) is 0 Å². The number of benzene rings is 1. The largest absolute Gasteiger partial charge is 0.399 e. The second kappa shape index (κ2) is 7.76. The highest BCUT2D eigenvalue weighted by molar-refractivity contribution is 14.1. The Labute approximate surface area is 118 Å². The van der Waals surface area contributed by atoms with Crippen LogP contribution in [0.15, 0.2) is 18.2 Å². The van der Waals surface area contributed by atoms with Crippen molar-refractivity contribution in [1.82, 2.24) is 4.90 Å². The van der Waals surface area contributed by atoms with E-state index in [1.54, 1.807) is 0 Å². The molecular weight excluding hydrogens is 325 g/mol. The van der Waals surface area contributed by atoms with Crippen molar-refractivity contribution < 1.29 is 0 Å². The molecule has 0 atom stereocenters. The minimum Gasteiger partial charge on any atom is -0.399 e. The molecule has 0 aromatic heterocycles. The average molecular weight is 347 g/mol. The second-order valence-corrected chi connectivity index (χ2v) is 5.21. The number of nitrogens with zero attached hydrogens (tertiary/aromatic N) is 1. The Morgan fingerprint density at radius 3 is 2.59 bits per heavy atom. The van der Waals surface area contributed by atoms with Gasteiger partial charge in [-0.3, -0.25) is 0 Å². The van der Waals surface area contributed by atoms with Gasteiger partial charge in [-0.1, -0.05) is 13.8 Å². The van der Waals surface area contributed by atoms with Crippen LogP contribution in [0.4, 0.5) is 11.4 Å². The molecule has 0 radical (unpaired) electrons. The molecule has 1 aromatic rings. The standard InChI is InChI=1S/C13H22IN3/c1-3-17(4-2)9-5-8-16-13-7-6-11(15)10-12(13)14/h6-7,10,16H,3-5,8-9,15H2,1-2H3. The van der Waals surface area contributed by atoms with Gasteiger partial charge >= 0.3 is 0 Å². The van der Waals surface area contributed by atoms with E-state index >= 15 is 0 Å². The highest BCUT2D eigenvalue weighted by atomic mass is 127. The summed E-state index contributed by atoms with van der Waals surface area (Å²) in [7, 11) is 0. The van der Waals surface area contributed by atoms with Crippen LogP contribution < -0.4 is 11.1 Å². The fourth-order valence-corrected chi connectivity index (χ4v) is 2.47. The molecular formula is C13H22IN3. The summed E-state index contributed by atoms with van der Waals surface area (Å²) in [4.78, 5) is 2.44. The Morgan fingerprint density at radius 1 is 1.29 bits per heavy atom. The van der Waals surface area contributed by atoms with Crippen LogP contribution in [0.1, 0.15) is 20.3 Å². The van der Waals surface area contributed by atoms with Crippen LogP contribution in [0.5, 0.6) is 0 Å². The number of hydrogen-bond donors (Lipinski definition) is 2. The van der Waals surface area contributed by atoms with Gasteiger partial charge in [0.2, 0.25) is 0 Å². The molecule has 0 saturated heterocycles. The molecule has 0 aliphatic carbocycles. The van der Waals surface area contributed by atoms with E-state index in [0.717, 1.165) is 31.9 Å². The molecule has 3 nitrogen and oxygen atoms in total. The quantitative estimate of drug-likeness (QED) is 0.453. The molecule has 0 spiro atoms. The first-order valence-electron chi connectivity index (χ1n) is 6.18. The van der Waals surface area contributed by atoms with Crippen molar-refractivity contribution in [2.45, 2.75) is 20.3 Å². The lowest BCUT2D eigenvalue weighted by atomic mass is 10.3. The fraction of sp³-hybridized carbons (Fsp3) is 0.538. The van der Waals surface area contributed by atoms with Crippen molar-refractivity contribution in [3.8, 4) is 0 Å². The molecule has 0 saturated carbocycles. The second-order valence-electron chi connectivity index (χ2n) is 4.05. The Kier molecular flexibility index (Phi) is 6.65. The molecule has 0 unspecified atom stereocenters. The molecule has 96 valence electrons. The fourth-order valence-electron chi connectivity index (χ4n) is 1.74. The minimum absolute atomic E-state index is 0.822. The maximum Gasteiger partial charge on any atom is 0.0477 e. The summed E-state index contributed by atoms with van der Waals surface area (Å²) in [6, 6.07) is 5.98. The van der Waals surface area contributed by atoms with Gasteiger partial charge in [0.05, 0.1) is 0 Å². The minimum atomic E-state index is 0.822. The number of halogens is 1. The summed E-state index contributed by atoms with van der Waals surface area (Å²) in [5, 5.41) is 3.45. The zero-order valence-corrected chi connectivity index (χ0v) is 12.8. The van der Waals surface area contributed by atoms with Gasteiger partial charge in [0.15, 0.2) is 0 Å². The van der Waals surface area contributed by atoms with Crippen LogP contribution in [0.2, 0.25) is 0 Å². The normalized spacial score (nSPS) is 10.8. The number of rotatable bonds is 7. The summed E-state index contributed by atoms with van der Waals surface area (Å²) in [6.07, 6.45) is 1.17. The van der Waals surface area contributed by atoms with Crippen LogP contribution in [0, 0.1) is 3.57 Å². The SMILES string of the molecule is CCN(CC)CCCNc1ccc(N)cc1I. The van der Waals surface area contributed by atoms with Crippen LogP contribution in [-0.4, -0.2) is 31.1 Å². The first-order chi connectivity index (χ1) is 8.17. The predicted octanol–water partition coefficient (Wildman–Crippen LogP) is 3.02. The van der Waals surface area contributed by atoms with E-state index in [2.05, 4.69) is 52.7 Å². The van der Waals surface area contributed by atoms with Gasteiger partial charge in [0.1, 0.15) is 0 Å². The van der Waals surface area contributed by atoms with Crippen molar-refractivity contribution in [2.75, 3.05) is 37.2 Å². The molecule has 4 heteroatoms. The van der Waals surface area contributed by atoms with E-state index in [4.69, 9.17) is 5.73 Å². The van der Waals surface area contributed by atoms with Gasteiger partial charge in [-0.15, -0.1) is 0 Å². The van der Waals surface area contributed by atoms with E-state index in [0.29, 0.717) is 0 Å². The van der Waals surface area contributed by atoms with Gasteiger partial charge in [0, 0.05) is 21.5 Å². The monoisotopic (exact) mass is 347 g/mol. The lowest BCUT2D eigenvalue weighted by Gasteiger charge is -2.18. The maximum absolute atomic E-state index is 5.72. The molecule has 1 aromatic carbocycles. The van der Waals surface area contributed by atoms with Crippen molar-refractivity contribution in [3.05, 3.63) is 21.8 Å². The molecule has 17 heavy (non-hydrogen) atoms. The first kappa shape index (κ1) is 14.6. The topological polar surface area (TPSA) is 41.3 Å². The summed E-state index contributed by atoms with van der Waals surface area (Å²) in [5.74, 6) is 0. The number of anilines is 2. The van der Waals surface area contributed by atoms with Crippen molar-refractivity contribution in [1.29, 1.82) is 0 Å². The third kappa shape index (κ3) is 5.12. The zero-order chi connectivity index (χ0) is 12.7. The Balaban J connectivity index is 2.31. The third-order valence-electron chi connectivity index (χ3n) is 2.85.